The normalized spacial score (nSPS) is 10.6. The van der Waals surface area contributed by atoms with E-state index in [9.17, 15) is 10.1 Å². The first-order chi connectivity index (χ1) is 16.0. The van der Waals surface area contributed by atoms with Crippen LogP contribution in [0.3, 0.4) is 0 Å². The van der Waals surface area contributed by atoms with Crippen LogP contribution in [-0.4, -0.2) is 26.4 Å². The number of anilines is 1. The number of rotatable bonds is 7. The summed E-state index contributed by atoms with van der Waals surface area (Å²) >= 11 is 13.7. The number of amides is 1. The quantitative estimate of drug-likeness (QED) is 0.324. The molecule has 0 fully saturated rings. The Bertz CT molecular complexity index is 1330. The Balaban J connectivity index is 1.59. The molecule has 0 aliphatic rings. The fourth-order valence-corrected chi connectivity index (χ4v) is 4.41. The molecule has 164 valence electrons. The highest BCUT2D eigenvalue weighted by atomic mass is 35.5. The molecule has 0 unspecified atom stereocenters. The van der Waals surface area contributed by atoms with Crippen LogP contribution in [0.2, 0.25) is 10.0 Å². The fraction of sp³-hybridized carbons (Fsp3) is 0.0833. The average Bonchev–Trinajstić information content (AvgIpc) is 3.21. The van der Waals surface area contributed by atoms with Crippen molar-refractivity contribution < 1.29 is 4.79 Å². The van der Waals surface area contributed by atoms with Crippen LogP contribution in [0.25, 0.3) is 11.4 Å². The van der Waals surface area contributed by atoms with Crippen LogP contribution in [0.4, 0.5) is 5.69 Å². The molecule has 1 aromatic heterocycles. The molecule has 0 saturated heterocycles. The van der Waals surface area contributed by atoms with Crippen LogP contribution >= 0.6 is 35.0 Å². The highest BCUT2D eigenvalue weighted by Crippen LogP contribution is 2.32. The van der Waals surface area contributed by atoms with Gasteiger partial charge in [-0.05, 0) is 35.9 Å². The second kappa shape index (κ2) is 10.5. The van der Waals surface area contributed by atoms with E-state index >= 15 is 0 Å². The van der Waals surface area contributed by atoms with Gasteiger partial charge in [-0.1, -0.05) is 77.4 Å². The number of carbonyl (C=O) groups is 1. The molecule has 0 aliphatic carbocycles. The fourth-order valence-electron chi connectivity index (χ4n) is 3.18. The van der Waals surface area contributed by atoms with Gasteiger partial charge in [0.25, 0.3) is 0 Å². The van der Waals surface area contributed by atoms with E-state index in [0.29, 0.717) is 44.4 Å². The second-order valence-electron chi connectivity index (χ2n) is 7.00. The molecule has 1 heterocycles. The minimum atomic E-state index is -0.247. The first-order valence-corrected chi connectivity index (χ1v) is 11.6. The van der Waals surface area contributed by atoms with E-state index in [1.165, 1.54) is 11.8 Å². The summed E-state index contributed by atoms with van der Waals surface area (Å²) in [4.78, 5) is 12.6. The van der Waals surface area contributed by atoms with Gasteiger partial charge in [-0.25, -0.2) is 0 Å². The van der Waals surface area contributed by atoms with Gasteiger partial charge in [0.05, 0.1) is 28.6 Å². The third kappa shape index (κ3) is 5.55. The topological polar surface area (TPSA) is 83.6 Å². The molecule has 6 nitrogen and oxygen atoms in total. The predicted octanol–water partition coefficient (Wildman–Crippen LogP) is 5.90. The average molecular weight is 494 g/mol. The summed E-state index contributed by atoms with van der Waals surface area (Å²) in [6, 6.07) is 24.0. The third-order valence-electron chi connectivity index (χ3n) is 4.73. The van der Waals surface area contributed by atoms with Crippen molar-refractivity contribution in [2.45, 2.75) is 11.7 Å². The van der Waals surface area contributed by atoms with Crippen molar-refractivity contribution in [3.63, 3.8) is 0 Å². The number of hydrogen-bond acceptors (Lipinski definition) is 5. The first kappa shape index (κ1) is 22.9. The van der Waals surface area contributed by atoms with E-state index in [-0.39, 0.29) is 11.7 Å². The van der Waals surface area contributed by atoms with Crippen LogP contribution in [0.5, 0.6) is 0 Å². The first-order valence-electron chi connectivity index (χ1n) is 9.89. The standard InChI is InChI=1S/C24H17Cl2N5OS/c25-18-10-11-19(20(26)12-18)23-29-30-24(31(23)14-16-6-2-1-3-7-16)33-15-22(32)28-21-9-5-4-8-17(21)13-27/h1-12H,14-15H2,(H,28,32). The van der Waals surface area contributed by atoms with Crippen molar-refractivity contribution >= 4 is 46.6 Å². The zero-order chi connectivity index (χ0) is 23.2. The molecule has 0 spiro atoms. The molecule has 33 heavy (non-hydrogen) atoms. The predicted molar refractivity (Wildman–Crippen MR) is 132 cm³/mol. The molecule has 0 atom stereocenters. The number of carbonyl (C=O) groups excluding carboxylic acids is 1. The maximum atomic E-state index is 12.6. The molecule has 4 aromatic rings. The molecule has 1 amide bonds. The highest BCUT2D eigenvalue weighted by Gasteiger charge is 2.18. The molecular formula is C24H17Cl2N5OS. The summed E-state index contributed by atoms with van der Waals surface area (Å²) in [5.74, 6) is 0.433. The number of nitrogens with one attached hydrogen (secondary N) is 1. The Hall–Kier alpha value is -3.31. The van der Waals surface area contributed by atoms with Crippen LogP contribution in [-0.2, 0) is 11.3 Å². The lowest BCUT2D eigenvalue weighted by Gasteiger charge is -2.12. The Morgan fingerprint density at radius 1 is 1.03 bits per heavy atom. The minimum Gasteiger partial charge on any atom is -0.324 e. The molecule has 4 rings (SSSR count). The number of aromatic nitrogens is 3. The highest BCUT2D eigenvalue weighted by molar-refractivity contribution is 7.99. The maximum absolute atomic E-state index is 12.6. The van der Waals surface area contributed by atoms with Gasteiger partial charge >= 0.3 is 0 Å². The molecule has 0 saturated carbocycles. The number of thioether (sulfide) groups is 1. The van der Waals surface area contributed by atoms with Gasteiger partial charge in [0.15, 0.2) is 11.0 Å². The van der Waals surface area contributed by atoms with Gasteiger partial charge in [-0.3, -0.25) is 9.36 Å². The van der Waals surface area contributed by atoms with Crippen molar-refractivity contribution in [3.8, 4) is 17.5 Å². The molecular weight excluding hydrogens is 477 g/mol. The lowest BCUT2D eigenvalue weighted by molar-refractivity contribution is -0.113. The summed E-state index contributed by atoms with van der Waals surface area (Å²) in [5, 5.41) is 22.2. The Kier molecular flexibility index (Phi) is 7.30. The minimum absolute atomic E-state index is 0.0982. The zero-order valence-electron chi connectivity index (χ0n) is 17.2. The molecule has 3 aromatic carbocycles. The van der Waals surface area contributed by atoms with Crippen LogP contribution < -0.4 is 5.32 Å². The van der Waals surface area contributed by atoms with E-state index < -0.39 is 0 Å². The Morgan fingerprint density at radius 2 is 1.79 bits per heavy atom. The van der Waals surface area contributed by atoms with Gasteiger partial charge in [-0.15, -0.1) is 10.2 Å². The van der Waals surface area contributed by atoms with Crippen LogP contribution in [0, 0.1) is 11.3 Å². The molecule has 9 heteroatoms. The van der Waals surface area contributed by atoms with Crippen LogP contribution in [0.15, 0.2) is 78.0 Å². The van der Waals surface area contributed by atoms with E-state index in [1.807, 2.05) is 34.9 Å². The molecule has 0 radical (unpaired) electrons. The number of halogens is 2. The van der Waals surface area contributed by atoms with Gasteiger partial charge in [0.1, 0.15) is 6.07 Å². The van der Waals surface area contributed by atoms with E-state index in [4.69, 9.17) is 23.2 Å². The van der Waals surface area contributed by atoms with E-state index in [2.05, 4.69) is 21.6 Å². The van der Waals surface area contributed by atoms with Crippen LogP contribution in [0.1, 0.15) is 11.1 Å². The number of para-hydroxylation sites is 1. The van der Waals surface area contributed by atoms with E-state index in [0.717, 1.165) is 5.56 Å². The second-order valence-corrected chi connectivity index (χ2v) is 8.78. The number of benzene rings is 3. The summed E-state index contributed by atoms with van der Waals surface area (Å²) in [6.45, 7) is 0.503. The van der Waals surface area contributed by atoms with E-state index in [1.54, 1.807) is 42.5 Å². The molecule has 1 N–H and O–H groups in total. The van der Waals surface area contributed by atoms with Crippen molar-refractivity contribution in [2.75, 3.05) is 11.1 Å². The number of hydrogen-bond donors (Lipinski definition) is 1. The van der Waals surface area contributed by atoms with Crippen molar-refractivity contribution in [1.82, 2.24) is 14.8 Å². The monoisotopic (exact) mass is 493 g/mol. The van der Waals surface area contributed by atoms with Gasteiger partial charge in [-0.2, -0.15) is 5.26 Å². The van der Waals surface area contributed by atoms with Crippen molar-refractivity contribution in [3.05, 3.63) is 94.0 Å². The maximum Gasteiger partial charge on any atom is 0.234 e. The molecule has 0 aliphatic heterocycles. The smallest absolute Gasteiger partial charge is 0.234 e. The van der Waals surface area contributed by atoms with Gasteiger partial charge in [0.2, 0.25) is 5.91 Å². The van der Waals surface area contributed by atoms with Gasteiger partial charge in [0, 0.05) is 10.6 Å². The summed E-state index contributed by atoms with van der Waals surface area (Å²) in [7, 11) is 0. The third-order valence-corrected chi connectivity index (χ3v) is 6.24. The molecule has 0 bridgehead atoms. The number of nitrogens with zero attached hydrogens (tertiary/aromatic N) is 4. The zero-order valence-corrected chi connectivity index (χ0v) is 19.5. The van der Waals surface area contributed by atoms with Crippen molar-refractivity contribution in [2.24, 2.45) is 0 Å². The summed E-state index contributed by atoms with van der Waals surface area (Å²) in [5.41, 5.74) is 2.63. The SMILES string of the molecule is N#Cc1ccccc1NC(=O)CSc1nnc(-c2ccc(Cl)cc2Cl)n1Cc1ccccc1. The van der Waals surface area contributed by atoms with Gasteiger partial charge < -0.3 is 5.32 Å². The Morgan fingerprint density at radius 3 is 2.55 bits per heavy atom. The summed E-state index contributed by atoms with van der Waals surface area (Å²) < 4.78 is 1.92. The lowest BCUT2D eigenvalue weighted by Crippen LogP contribution is -2.15. The lowest BCUT2D eigenvalue weighted by atomic mass is 10.2. The number of nitriles is 1. The Labute approximate surface area is 205 Å². The summed E-state index contributed by atoms with van der Waals surface area (Å²) in [6.07, 6.45) is 0. The van der Waals surface area contributed by atoms with Crippen molar-refractivity contribution in [1.29, 1.82) is 5.26 Å². The largest absolute Gasteiger partial charge is 0.324 e.